The molecule has 2 atom stereocenters. The Balaban J connectivity index is 2.24. The van der Waals surface area contributed by atoms with Crippen molar-refractivity contribution >= 4 is 9.84 Å². The van der Waals surface area contributed by atoms with Crippen LogP contribution in [0.5, 0.6) is 0 Å². The molecule has 0 saturated carbocycles. The summed E-state index contributed by atoms with van der Waals surface area (Å²) in [6.07, 6.45) is 1.98. The van der Waals surface area contributed by atoms with E-state index < -0.39 is 14.6 Å². The number of hydrogen-bond acceptors (Lipinski definition) is 3. The van der Waals surface area contributed by atoms with Crippen LogP contribution in [-0.4, -0.2) is 31.5 Å². The van der Waals surface area contributed by atoms with Gasteiger partial charge in [-0.25, -0.2) is 8.42 Å². The van der Waals surface area contributed by atoms with Crippen molar-refractivity contribution in [1.29, 1.82) is 0 Å². The molecule has 0 radical (unpaired) electrons. The van der Waals surface area contributed by atoms with Crippen molar-refractivity contribution in [2.24, 2.45) is 5.92 Å². The van der Waals surface area contributed by atoms with Gasteiger partial charge in [0, 0.05) is 6.04 Å². The fourth-order valence-corrected chi connectivity index (χ4v) is 4.30. The SMILES string of the molecule is CC1(C)C(C2CCN2)CCS1(=O)=O. The average molecular weight is 203 g/mol. The largest absolute Gasteiger partial charge is 0.314 e. The van der Waals surface area contributed by atoms with Crippen LogP contribution in [0.4, 0.5) is 0 Å². The molecule has 0 bridgehead atoms. The molecule has 0 aromatic rings. The van der Waals surface area contributed by atoms with E-state index in [4.69, 9.17) is 0 Å². The Labute approximate surface area is 79.8 Å². The van der Waals surface area contributed by atoms with Crippen molar-refractivity contribution in [1.82, 2.24) is 5.32 Å². The number of hydrogen-bond donors (Lipinski definition) is 1. The number of nitrogens with one attached hydrogen (secondary N) is 1. The molecule has 3 nitrogen and oxygen atoms in total. The van der Waals surface area contributed by atoms with Gasteiger partial charge in [-0.3, -0.25) is 0 Å². The molecule has 2 unspecified atom stereocenters. The smallest absolute Gasteiger partial charge is 0.155 e. The topological polar surface area (TPSA) is 46.2 Å². The van der Waals surface area contributed by atoms with Gasteiger partial charge in [0.2, 0.25) is 0 Å². The molecule has 0 amide bonds. The molecule has 0 aromatic carbocycles. The molecular formula is C9H17NO2S. The minimum atomic E-state index is -2.83. The summed E-state index contributed by atoms with van der Waals surface area (Å²) in [6.45, 7) is 4.80. The Morgan fingerprint density at radius 1 is 1.31 bits per heavy atom. The van der Waals surface area contributed by atoms with E-state index in [2.05, 4.69) is 5.32 Å². The third kappa shape index (κ3) is 1.22. The highest BCUT2D eigenvalue weighted by Crippen LogP contribution is 2.41. The van der Waals surface area contributed by atoms with Gasteiger partial charge in [-0.05, 0) is 39.2 Å². The van der Waals surface area contributed by atoms with Crippen LogP contribution in [0.2, 0.25) is 0 Å². The van der Waals surface area contributed by atoms with E-state index in [-0.39, 0.29) is 0 Å². The van der Waals surface area contributed by atoms with Crippen molar-refractivity contribution in [2.75, 3.05) is 12.3 Å². The first-order valence-corrected chi connectivity index (χ1v) is 6.56. The van der Waals surface area contributed by atoms with Crippen molar-refractivity contribution in [3.8, 4) is 0 Å². The molecule has 76 valence electrons. The second-order valence-corrected chi connectivity index (χ2v) is 7.36. The summed E-state index contributed by atoms with van der Waals surface area (Å²) >= 11 is 0. The standard InChI is InChI=1S/C9H17NO2S/c1-9(2)7(8-3-5-10-8)4-6-13(9,11)12/h7-8,10H,3-6H2,1-2H3. The summed E-state index contributed by atoms with van der Waals surface area (Å²) in [7, 11) is -2.83. The molecule has 0 aromatic heterocycles. The Bertz CT molecular complexity index is 304. The molecule has 2 rings (SSSR count). The van der Waals surface area contributed by atoms with Gasteiger partial charge in [-0.15, -0.1) is 0 Å². The van der Waals surface area contributed by atoms with Gasteiger partial charge in [0.05, 0.1) is 10.5 Å². The minimum absolute atomic E-state index is 0.325. The van der Waals surface area contributed by atoms with Crippen molar-refractivity contribution < 1.29 is 8.42 Å². The highest BCUT2D eigenvalue weighted by atomic mass is 32.2. The quantitative estimate of drug-likeness (QED) is 0.677. The van der Waals surface area contributed by atoms with E-state index in [9.17, 15) is 8.42 Å². The summed E-state index contributed by atoms with van der Waals surface area (Å²) in [6, 6.07) is 0.451. The molecule has 2 fully saturated rings. The van der Waals surface area contributed by atoms with E-state index in [1.807, 2.05) is 13.8 Å². The van der Waals surface area contributed by atoms with Crippen molar-refractivity contribution in [2.45, 2.75) is 37.5 Å². The maximum Gasteiger partial charge on any atom is 0.155 e. The monoisotopic (exact) mass is 203 g/mol. The summed E-state index contributed by atoms with van der Waals surface area (Å²) in [4.78, 5) is 0. The van der Waals surface area contributed by atoms with Crippen molar-refractivity contribution in [3.05, 3.63) is 0 Å². The predicted octanol–water partition coefficient (Wildman–Crippen LogP) is 0.562. The van der Waals surface area contributed by atoms with Gasteiger partial charge in [-0.1, -0.05) is 0 Å². The van der Waals surface area contributed by atoms with Crippen molar-refractivity contribution in [3.63, 3.8) is 0 Å². The lowest BCUT2D eigenvalue weighted by molar-refractivity contribution is 0.227. The third-order valence-electron chi connectivity index (χ3n) is 3.74. The molecule has 0 aliphatic carbocycles. The lowest BCUT2D eigenvalue weighted by Gasteiger charge is -2.39. The van der Waals surface area contributed by atoms with E-state index in [0.29, 0.717) is 17.7 Å². The van der Waals surface area contributed by atoms with E-state index in [1.165, 1.54) is 0 Å². The molecule has 4 heteroatoms. The van der Waals surface area contributed by atoms with Gasteiger partial charge in [0.25, 0.3) is 0 Å². The van der Waals surface area contributed by atoms with E-state index in [1.54, 1.807) is 0 Å². The van der Waals surface area contributed by atoms with Gasteiger partial charge >= 0.3 is 0 Å². The zero-order valence-corrected chi connectivity index (χ0v) is 9.02. The first kappa shape index (κ1) is 9.46. The van der Waals surface area contributed by atoms with E-state index in [0.717, 1.165) is 19.4 Å². The number of rotatable bonds is 1. The van der Waals surface area contributed by atoms with Crippen LogP contribution in [0.3, 0.4) is 0 Å². The maximum atomic E-state index is 11.7. The van der Waals surface area contributed by atoms with Crippen LogP contribution >= 0.6 is 0 Å². The summed E-state index contributed by atoms with van der Waals surface area (Å²) in [5.41, 5.74) is 0. The average Bonchev–Trinajstić information content (AvgIpc) is 2.08. The molecular weight excluding hydrogens is 186 g/mol. The highest BCUT2D eigenvalue weighted by Gasteiger charge is 2.51. The second kappa shape index (κ2) is 2.70. The van der Waals surface area contributed by atoms with Gasteiger partial charge in [0.15, 0.2) is 9.84 Å². The second-order valence-electron chi connectivity index (χ2n) is 4.67. The minimum Gasteiger partial charge on any atom is -0.314 e. The molecule has 2 heterocycles. The normalized spacial score (nSPS) is 41.4. The zero-order chi connectivity index (χ0) is 9.69. The zero-order valence-electron chi connectivity index (χ0n) is 8.21. The molecule has 1 N–H and O–H groups in total. The third-order valence-corrected chi connectivity index (χ3v) is 6.42. The fourth-order valence-electron chi connectivity index (χ4n) is 2.46. The Morgan fingerprint density at radius 2 is 1.92 bits per heavy atom. The first-order valence-electron chi connectivity index (χ1n) is 4.91. The Kier molecular flexibility index (Phi) is 1.97. The predicted molar refractivity (Wildman–Crippen MR) is 52.4 cm³/mol. The van der Waals surface area contributed by atoms with Crippen LogP contribution in [0.1, 0.15) is 26.7 Å². The van der Waals surface area contributed by atoms with Crippen LogP contribution < -0.4 is 5.32 Å². The summed E-state index contributed by atoms with van der Waals surface area (Å²) in [5.74, 6) is 0.703. The number of sulfone groups is 1. The highest BCUT2D eigenvalue weighted by molar-refractivity contribution is 7.93. The van der Waals surface area contributed by atoms with Crippen LogP contribution in [0.15, 0.2) is 0 Å². The van der Waals surface area contributed by atoms with Crippen LogP contribution in [0, 0.1) is 5.92 Å². The molecule has 0 spiro atoms. The molecule has 13 heavy (non-hydrogen) atoms. The van der Waals surface area contributed by atoms with Gasteiger partial charge in [0.1, 0.15) is 0 Å². The van der Waals surface area contributed by atoms with Gasteiger partial charge < -0.3 is 5.32 Å². The van der Waals surface area contributed by atoms with Crippen LogP contribution in [-0.2, 0) is 9.84 Å². The summed E-state index contributed by atoms with van der Waals surface area (Å²) < 4.78 is 22.9. The molecule has 2 saturated heterocycles. The Morgan fingerprint density at radius 3 is 2.23 bits per heavy atom. The van der Waals surface area contributed by atoms with Gasteiger partial charge in [-0.2, -0.15) is 0 Å². The van der Waals surface area contributed by atoms with E-state index >= 15 is 0 Å². The molecule has 2 aliphatic rings. The molecule has 2 aliphatic heterocycles. The first-order chi connectivity index (χ1) is 5.95. The fraction of sp³-hybridized carbons (Fsp3) is 1.00. The maximum absolute atomic E-state index is 11.7. The Hall–Kier alpha value is -0.0900. The van der Waals surface area contributed by atoms with Crippen LogP contribution in [0.25, 0.3) is 0 Å². The lowest BCUT2D eigenvalue weighted by atomic mass is 9.81. The lowest BCUT2D eigenvalue weighted by Crippen LogP contribution is -2.53. The summed E-state index contributed by atoms with van der Waals surface area (Å²) in [5, 5.41) is 3.32.